The van der Waals surface area contributed by atoms with Gasteiger partial charge in [0, 0.05) is 6.07 Å². The summed E-state index contributed by atoms with van der Waals surface area (Å²) in [7, 11) is -3.09. The van der Waals surface area contributed by atoms with E-state index < -0.39 is 10.1 Å². The van der Waals surface area contributed by atoms with Crippen molar-refractivity contribution in [2.24, 2.45) is 4.99 Å². The molecular weight excluding hydrogens is 302 g/mol. The van der Waals surface area contributed by atoms with Gasteiger partial charge in [0.15, 0.2) is 11.4 Å². The number of nitrogens with zero attached hydrogens (tertiary/aromatic N) is 2. The standard InChI is InChI=1S/C11H13N3O4S2/c1-7-4-10(20(15,16)17)9(18-2)5-8(7)14-11(19-3)13-6-12/h4-5H,1-3H3,(H,13,14)(H,15,16,17). The van der Waals surface area contributed by atoms with Crippen LogP contribution in [0.5, 0.6) is 5.75 Å². The molecule has 0 aromatic heterocycles. The molecule has 2 N–H and O–H groups in total. The quantitative estimate of drug-likeness (QED) is 0.287. The van der Waals surface area contributed by atoms with Gasteiger partial charge in [-0.2, -0.15) is 13.7 Å². The lowest BCUT2D eigenvalue weighted by molar-refractivity contribution is 0.397. The molecule has 1 rings (SSSR count). The zero-order valence-corrected chi connectivity index (χ0v) is 12.7. The number of aryl methyl sites for hydroxylation is 1. The molecule has 0 aliphatic rings. The number of benzene rings is 1. The molecular formula is C11H13N3O4S2. The molecule has 0 atom stereocenters. The fourth-order valence-corrected chi connectivity index (χ4v) is 2.47. The molecule has 0 fully saturated rings. The summed E-state index contributed by atoms with van der Waals surface area (Å²) in [5, 5.41) is 11.3. The van der Waals surface area contributed by atoms with Crippen LogP contribution in [0.1, 0.15) is 5.56 Å². The molecule has 0 unspecified atom stereocenters. The highest BCUT2D eigenvalue weighted by molar-refractivity contribution is 8.13. The number of hydrogen-bond donors (Lipinski definition) is 2. The van der Waals surface area contributed by atoms with Gasteiger partial charge in [-0.1, -0.05) is 11.8 Å². The number of rotatable bonds is 3. The number of amidine groups is 1. The smallest absolute Gasteiger partial charge is 0.298 e. The van der Waals surface area contributed by atoms with E-state index in [1.165, 1.54) is 31.0 Å². The first-order chi connectivity index (χ1) is 9.33. The minimum absolute atomic E-state index is 0.0192. The van der Waals surface area contributed by atoms with E-state index in [4.69, 9.17) is 14.6 Å². The predicted molar refractivity (Wildman–Crippen MR) is 76.9 cm³/mol. The van der Waals surface area contributed by atoms with E-state index in [1.807, 2.05) is 0 Å². The van der Waals surface area contributed by atoms with Crippen LogP contribution in [0.2, 0.25) is 0 Å². The molecule has 0 saturated heterocycles. The van der Waals surface area contributed by atoms with E-state index in [2.05, 4.69) is 10.3 Å². The van der Waals surface area contributed by atoms with Crippen molar-refractivity contribution in [1.29, 1.82) is 5.26 Å². The third-order valence-corrected chi connectivity index (χ3v) is 3.79. The Morgan fingerprint density at radius 2 is 2.20 bits per heavy atom. The Morgan fingerprint density at radius 1 is 1.55 bits per heavy atom. The Balaban J connectivity index is 3.43. The van der Waals surface area contributed by atoms with Gasteiger partial charge < -0.3 is 4.74 Å². The number of aliphatic imine (C=N–C) groups is 1. The van der Waals surface area contributed by atoms with Gasteiger partial charge in [0.2, 0.25) is 0 Å². The van der Waals surface area contributed by atoms with Crippen LogP contribution in [0, 0.1) is 18.4 Å². The van der Waals surface area contributed by atoms with Crippen LogP contribution in [-0.4, -0.2) is 31.5 Å². The van der Waals surface area contributed by atoms with Crippen molar-refractivity contribution < 1.29 is 17.7 Å². The molecule has 0 saturated carbocycles. The van der Waals surface area contributed by atoms with Crippen molar-refractivity contribution in [1.82, 2.24) is 5.32 Å². The van der Waals surface area contributed by atoms with Crippen molar-refractivity contribution in [3.8, 4) is 11.9 Å². The fourth-order valence-electron chi connectivity index (χ4n) is 1.41. The summed E-state index contributed by atoms with van der Waals surface area (Å²) in [6.45, 7) is 1.64. The Morgan fingerprint density at radius 3 is 2.65 bits per heavy atom. The van der Waals surface area contributed by atoms with E-state index in [0.717, 1.165) is 0 Å². The molecule has 0 radical (unpaired) electrons. The molecule has 9 heteroatoms. The Bertz CT molecular complexity index is 678. The third kappa shape index (κ3) is 3.86. The van der Waals surface area contributed by atoms with Crippen molar-refractivity contribution in [2.75, 3.05) is 13.4 Å². The lowest BCUT2D eigenvalue weighted by Crippen LogP contribution is -2.12. The molecule has 108 valence electrons. The second kappa shape index (κ2) is 6.60. The Kier molecular flexibility index (Phi) is 5.38. The maximum atomic E-state index is 11.2. The molecule has 1 aromatic carbocycles. The second-order valence-corrected chi connectivity index (χ2v) is 5.81. The molecule has 7 nitrogen and oxygen atoms in total. The van der Waals surface area contributed by atoms with Crippen LogP contribution >= 0.6 is 11.8 Å². The minimum atomic E-state index is -4.38. The number of methoxy groups -OCH3 is 1. The van der Waals surface area contributed by atoms with Crippen molar-refractivity contribution in [3.63, 3.8) is 0 Å². The maximum Gasteiger partial charge on any atom is 0.298 e. The zero-order chi connectivity index (χ0) is 15.3. The normalized spacial score (nSPS) is 11.8. The highest BCUT2D eigenvalue weighted by Gasteiger charge is 2.18. The van der Waals surface area contributed by atoms with Gasteiger partial charge in [-0.15, -0.1) is 0 Å². The van der Waals surface area contributed by atoms with Crippen molar-refractivity contribution in [3.05, 3.63) is 17.7 Å². The molecule has 0 heterocycles. The first-order valence-corrected chi connectivity index (χ1v) is 7.94. The maximum absolute atomic E-state index is 11.2. The summed E-state index contributed by atoms with van der Waals surface area (Å²) in [6, 6.07) is 2.64. The van der Waals surface area contributed by atoms with Crippen LogP contribution in [0.3, 0.4) is 0 Å². The van der Waals surface area contributed by atoms with Gasteiger partial charge in [0.05, 0.1) is 12.8 Å². The van der Waals surface area contributed by atoms with Gasteiger partial charge in [-0.05, 0) is 24.8 Å². The van der Waals surface area contributed by atoms with E-state index >= 15 is 0 Å². The van der Waals surface area contributed by atoms with Crippen molar-refractivity contribution >= 4 is 32.7 Å². The SMILES string of the molecule is COc1cc(N=C(NC#N)SC)c(C)cc1S(=O)(=O)O. The molecule has 0 bridgehead atoms. The average molecular weight is 315 g/mol. The largest absolute Gasteiger partial charge is 0.495 e. The number of hydrogen-bond acceptors (Lipinski definition) is 6. The van der Waals surface area contributed by atoms with Crippen LogP contribution in [0.15, 0.2) is 22.0 Å². The van der Waals surface area contributed by atoms with E-state index in [9.17, 15) is 8.42 Å². The molecule has 0 aliphatic heterocycles. The summed E-state index contributed by atoms with van der Waals surface area (Å²) in [5.41, 5.74) is 0.950. The molecule has 0 aliphatic carbocycles. The third-order valence-electron chi connectivity index (χ3n) is 2.34. The van der Waals surface area contributed by atoms with Crippen LogP contribution in [0.4, 0.5) is 5.69 Å². The average Bonchev–Trinajstić information content (AvgIpc) is 2.38. The highest BCUT2D eigenvalue weighted by Crippen LogP contribution is 2.32. The van der Waals surface area contributed by atoms with Crippen molar-refractivity contribution in [2.45, 2.75) is 11.8 Å². The predicted octanol–water partition coefficient (Wildman–Crippen LogP) is 1.67. The minimum Gasteiger partial charge on any atom is -0.495 e. The van der Waals surface area contributed by atoms with Crippen LogP contribution < -0.4 is 10.1 Å². The van der Waals surface area contributed by atoms with E-state index in [1.54, 1.807) is 19.4 Å². The van der Waals surface area contributed by atoms with Gasteiger partial charge in [0.25, 0.3) is 10.1 Å². The molecule has 1 aromatic rings. The Hall–Kier alpha value is -1.76. The first kappa shape index (κ1) is 16.3. The Labute approximate surface area is 121 Å². The zero-order valence-electron chi connectivity index (χ0n) is 11.0. The molecule has 0 spiro atoms. The van der Waals surface area contributed by atoms with Gasteiger partial charge >= 0.3 is 0 Å². The lowest BCUT2D eigenvalue weighted by atomic mass is 10.2. The molecule has 20 heavy (non-hydrogen) atoms. The van der Waals surface area contributed by atoms with Gasteiger partial charge in [-0.25, -0.2) is 4.99 Å². The second-order valence-electron chi connectivity index (χ2n) is 3.62. The summed E-state index contributed by atoms with van der Waals surface area (Å²) >= 11 is 1.23. The summed E-state index contributed by atoms with van der Waals surface area (Å²) in [4.78, 5) is 3.86. The number of nitriles is 1. The van der Waals surface area contributed by atoms with Gasteiger partial charge in [-0.3, -0.25) is 9.87 Å². The molecule has 0 amide bonds. The number of ether oxygens (including phenoxy) is 1. The first-order valence-electron chi connectivity index (χ1n) is 5.27. The monoisotopic (exact) mass is 315 g/mol. The lowest BCUT2D eigenvalue weighted by Gasteiger charge is -2.10. The number of thioether (sulfide) groups is 1. The van der Waals surface area contributed by atoms with E-state index in [0.29, 0.717) is 16.4 Å². The highest BCUT2D eigenvalue weighted by atomic mass is 32.2. The van der Waals surface area contributed by atoms with E-state index in [-0.39, 0.29) is 10.6 Å². The number of nitrogens with one attached hydrogen (secondary N) is 1. The summed E-state index contributed by atoms with van der Waals surface area (Å²) in [6.07, 6.45) is 3.49. The van der Waals surface area contributed by atoms with Gasteiger partial charge in [0.1, 0.15) is 10.6 Å². The summed E-state index contributed by atoms with van der Waals surface area (Å²) in [5.74, 6) is -0.0192. The summed E-state index contributed by atoms with van der Waals surface area (Å²) < 4.78 is 36.5. The fraction of sp³-hybridized carbons (Fsp3) is 0.273. The van der Waals surface area contributed by atoms with Crippen LogP contribution in [-0.2, 0) is 10.1 Å². The topological polar surface area (TPSA) is 112 Å². The van der Waals surface area contributed by atoms with Crippen LogP contribution in [0.25, 0.3) is 0 Å².